The molecule has 0 aromatic heterocycles. The van der Waals surface area contributed by atoms with E-state index in [9.17, 15) is 24.9 Å². The molecule has 0 bridgehead atoms. The molecular formula is C28H37NO5. The van der Waals surface area contributed by atoms with Crippen LogP contribution in [-0.4, -0.2) is 39.4 Å². The first-order valence-electron chi connectivity index (χ1n) is 12.1. The lowest BCUT2D eigenvalue weighted by molar-refractivity contribution is -0.143. The molecule has 1 heterocycles. The Hall–Kier alpha value is -2.70. The molecule has 3 aliphatic rings. The van der Waals surface area contributed by atoms with E-state index in [1.807, 2.05) is 65.0 Å². The topological polar surface area (TPSA) is 107 Å². The smallest absolute Gasteiger partial charge is 0.312 e. The summed E-state index contributed by atoms with van der Waals surface area (Å²) >= 11 is 0. The molecule has 0 radical (unpaired) electrons. The Morgan fingerprint density at radius 3 is 2.59 bits per heavy atom. The highest BCUT2D eigenvalue weighted by Gasteiger charge is 2.55. The van der Waals surface area contributed by atoms with Crippen molar-refractivity contribution in [3.05, 3.63) is 70.5 Å². The molecule has 0 saturated heterocycles. The van der Waals surface area contributed by atoms with Gasteiger partial charge in [0.2, 0.25) is 0 Å². The maximum Gasteiger partial charge on any atom is 0.312 e. The Bertz CT molecular complexity index is 1040. The number of hydrogen-bond acceptors (Lipinski definition) is 4. The second kappa shape index (κ2) is 9.88. The minimum Gasteiger partial charge on any atom is -0.481 e. The number of carboxylic acids is 1. The summed E-state index contributed by atoms with van der Waals surface area (Å²) in [6, 6.07) is 0. The van der Waals surface area contributed by atoms with Crippen LogP contribution in [0.3, 0.4) is 0 Å². The molecule has 1 amide bonds. The van der Waals surface area contributed by atoms with Crippen LogP contribution in [-0.2, 0) is 9.59 Å². The van der Waals surface area contributed by atoms with Gasteiger partial charge in [0.05, 0.1) is 18.1 Å². The zero-order chi connectivity index (χ0) is 25.4. The third-order valence-electron chi connectivity index (χ3n) is 7.97. The first-order chi connectivity index (χ1) is 16.0. The molecule has 1 aliphatic heterocycles. The highest BCUT2D eigenvalue weighted by atomic mass is 16.4. The number of fused-ring (bicyclic) bond motifs is 1. The van der Waals surface area contributed by atoms with Crippen molar-refractivity contribution in [1.29, 1.82) is 0 Å². The predicted molar refractivity (Wildman–Crippen MR) is 132 cm³/mol. The molecule has 0 fully saturated rings. The molecule has 6 atom stereocenters. The fourth-order valence-electron chi connectivity index (χ4n) is 5.66. The Labute approximate surface area is 202 Å². The van der Waals surface area contributed by atoms with E-state index in [1.165, 1.54) is 0 Å². The lowest BCUT2D eigenvalue weighted by Crippen LogP contribution is -2.44. The first kappa shape index (κ1) is 25.9. The van der Waals surface area contributed by atoms with Crippen molar-refractivity contribution in [1.82, 2.24) is 5.32 Å². The van der Waals surface area contributed by atoms with Gasteiger partial charge in [-0.05, 0) is 31.8 Å². The summed E-state index contributed by atoms with van der Waals surface area (Å²) in [5, 5.41) is 33.6. The SMILES string of the molecule is C=C1NC(=O)C2=C1C(C(=O)O)C(C)(C(C)=CC=CC=CC(C)C(O)CC)C1=C2C(C)C(O)CC1. The minimum atomic E-state index is -1.00. The number of nitrogens with one attached hydrogen (secondary N) is 1. The second-order valence-corrected chi connectivity index (χ2v) is 9.94. The Morgan fingerprint density at radius 1 is 1.29 bits per heavy atom. The number of carboxylic acid groups (broad SMARTS) is 1. The number of hydrogen-bond donors (Lipinski definition) is 4. The zero-order valence-electron chi connectivity index (χ0n) is 20.8. The second-order valence-electron chi connectivity index (χ2n) is 9.94. The summed E-state index contributed by atoms with van der Waals surface area (Å²) in [6.07, 6.45) is 10.3. The van der Waals surface area contributed by atoms with Crippen molar-refractivity contribution >= 4 is 11.9 Å². The van der Waals surface area contributed by atoms with Gasteiger partial charge >= 0.3 is 5.97 Å². The van der Waals surface area contributed by atoms with E-state index in [-0.39, 0.29) is 23.8 Å². The van der Waals surface area contributed by atoms with Crippen LogP contribution in [0.25, 0.3) is 0 Å². The summed E-state index contributed by atoms with van der Waals surface area (Å²) < 4.78 is 0. The van der Waals surface area contributed by atoms with Gasteiger partial charge in [0.25, 0.3) is 5.91 Å². The van der Waals surface area contributed by atoms with Crippen LogP contribution in [0.15, 0.2) is 70.5 Å². The molecule has 4 N–H and O–H groups in total. The van der Waals surface area contributed by atoms with Gasteiger partial charge in [0, 0.05) is 34.1 Å². The van der Waals surface area contributed by atoms with E-state index in [4.69, 9.17) is 0 Å². The van der Waals surface area contributed by atoms with E-state index in [0.29, 0.717) is 36.1 Å². The molecule has 6 heteroatoms. The van der Waals surface area contributed by atoms with Crippen LogP contribution < -0.4 is 5.32 Å². The van der Waals surface area contributed by atoms with Crippen LogP contribution in [0.2, 0.25) is 0 Å². The largest absolute Gasteiger partial charge is 0.481 e. The number of carbonyl (C=O) groups excluding carboxylic acids is 1. The lowest BCUT2D eigenvalue weighted by Gasteiger charge is -2.47. The van der Waals surface area contributed by atoms with E-state index < -0.39 is 23.4 Å². The average Bonchev–Trinajstić information content (AvgIpc) is 3.07. The summed E-state index contributed by atoms with van der Waals surface area (Å²) in [4.78, 5) is 25.5. The van der Waals surface area contributed by atoms with Gasteiger partial charge < -0.3 is 20.6 Å². The number of aliphatic hydroxyl groups is 2. The number of aliphatic hydroxyl groups excluding tert-OH is 2. The maximum absolute atomic E-state index is 12.9. The molecule has 2 aliphatic carbocycles. The van der Waals surface area contributed by atoms with Crippen molar-refractivity contribution in [2.45, 2.75) is 66.1 Å². The molecular weight excluding hydrogens is 430 g/mol. The molecule has 6 nitrogen and oxygen atoms in total. The summed E-state index contributed by atoms with van der Waals surface area (Å²) in [5.74, 6) is -2.54. The average molecular weight is 468 g/mol. The van der Waals surface area contributed by atoms with Crippen molar-refractivity contribution in [2.75, 3.05) is 0 Å². The number of carbonyl (C=O) groups is 2. The number of rotatable bonds is 7. The predicted octanol–water partition coefficient (Wildman–Crippen LogP) is 4.20. The molecule has 0 spiro atoms. The van der Waals surface area contributed by atoms with Gasteiger partial charge in [0.1, 0.15) is 0 Å². The van der Waals surface area contributed by atoms with Crippen molar-refractivity contribution < 1.29 is 24.9 Å². The summed E-state index contributed by atoms with van der Waals surface area (Å²) in [5.41, 5.74) is 2.81. The molecule has 3 rings (SSSR count). The zero-order valence-corrected chi connectivity index (χ0v) is 20.8. The quantitative estimate of drug-likeness (QED) is 0.420. The third kappa shape index (κ3) is 4.25. The van der Waals surface area contributed by atoms with Crippen molar-refractivity contribution in [3.63, 3.8) is 0 Å². The van der Waals surface area contributed by atoms with Crippen LogP contribution in [0.1, 0.15) is 53.9 Å². The third-order valence-corrected chi connectivity index (χ3v) is 7.97. The van der Waals surface area contributed by atoms with Gasteiger partial charge in [-0.3, -0.25) is 9.59 Å². The number of allylic oxidation sites excluding steroid dienone is 7. The number of aliphatic carboxylic acids is 1. The molecule has 6 unspecified atom stereocenters. The molecule has 34 heavy (non-hydrogen) atoms. The van der Waals surface area contributed by atoms with Crippen LogP contribution in [0.4, 0.5) is 0 Å². The van der Waals surface area contributed by atoms with Gasteiger partial charge in [0.15, 0.2) is 0 Å². The molecule has 0 aromatic rings. The monoisotopic (exact) mass is 467 g/mol. The Morgan fingerprint density at radius 2 is 1.97 bits per heavy atom. The molecule has 0 saturated carbocycles. The fraction of sp³-hybridized carbons (Fsp3) is 0.500. The first-order valence-corrected chi connectivity index (χ1v) is 12.1. The van der Waals surface area contributed by atoms with Gasteiger partial charge in [-0.1, -0.05) is 75.8 Å². The molecule has 184 valence electrons. The van der Waals surface area contributed by atoms with Crippen molar-refractivity contribution in [2.24, 2.45) is 23.2 Å². The maximum atomic E-state index is 12.9. The minimum absolute atomic E-state index is 0.0404. The lowest BCUT2D eigenvalue weighted by atomic mass is 9.55. The van der Waals surface area contributed by atoms with Gasteiger partial charge in [-0.15, -0.1) is 0 Å². The summed E-state index contributed by atoms with van der Waals surface area (Å²) in [6.45, 7) is 13.6. The fourth-order valence-corrected chi connectivity index (χ4v) is 5.66. The molecule has 0 aromatic carbocycles. The van der Waals surface area contributed by atoms with E-state index in [0.717, 1.165) is 16.7 Å². The summed E-state index contributed by atoms with van der Waals surface area (Å²) in [7, 11) is 0. The van der Waals surface area contributed by atoms with E-state index in [1.54, 1.807) is 0 Å². The van der Waals surface area contributed by atoms with Crippen LogP contribution in [0, 0.1) is 23.2 Å². The van der Waals surface area contributed by atoms with Gasteiger partial charge in [-0.25, -0.2) is 0 Å². The number of amides is 1. The van der Waals surface area contributed by atoms with Crippen LogP contribution >= 0.6 is 0 Å². The Balaban J connectivity index is 2.09. The van der Waals surface area contributed by atoms with E-state index >= 15 is 0 Å². The van der Waals surface area contributed by atoms with Gasteiger partial charge in [-0.2, -0.15) is 0 Å². The highest BCUT2D eigenvalue weighted by Crippen LogP contribution is 2.58. The van der Waals surface area contributed by atoms with E-state index in [2.05, 4.69) is 11.9 Å². The van der Waals surface area contributed by atoms with Crippen LogP contribution in [0.5, 0.6) is 0 Å². The standard InChI is InChI=1S/C28H37NO5/c1-7-20(30)15(2)11-9-8-10-12-16(3)28(6)19-13-14-21(31)17(4)22(19)24-23(25(28)27(33)34)18(5)29-26(24)32/h8-12,15,17,20-21,25,30-31H,5,7,13-14H2,1-4,6H3,(H,29,32)(H,33,34). The highest BCUT2D eigenvalue weighted by molar-refractivity contribution is 6.07. The van der Waals surface area contributed by atoms with Crippen molar-refractivity contribution in [3.8, 4) is 0 Å². The Kier molecular flexibility index (Phi) is 7.53. The normalized spacial score (nSPS) is 31.7.